The Hall–Kier alpha value is -1.59. The first-order chi connectivity index (χ1) is 7.78. The van der Waals surface area contributed by atoms with Gasteiger partial charge in [-0.05, 0) is 19.1 Å². The molecule has 0 saturated carbocycles. The van der Waals surface area contributed by atoms with Crippen LogP contribution in [0.5, 0.6) is 0 Å². The normalized spacial score (nSPS) is 19.0. The minimum absolute atomic E-state index is 0.0592. The Morgan fingerprint density at radius 3 is 3.12 bits per heavy atom. The molecule has 0 bridgehead atoms. The van der Waals surface area contributed by atoms with Crippen molar-refractivity contribution in [2.75, 3.05) is 0 Å². The van der Waals surface area contributed by atoms with E-state index in [1.54, 1.807) is 0 Å². The van der Waals surface area contributed by atoms with Crippen molar-refractivity contribution in [1.82, 2.24) is 9.97 Å². The van der Waals surface area contributed by atoms with Gasteiger partial charge in [0, 0.05) is 0 Å². The minimum atomic E-state index is 0.0592. The van der Waals surface area contributed by atoms with Crippen LogP contribution in [0.25, 0.3) is 11.6 Å². The first-order valence-electron chi connectivity index (χ1n) is 5.27. The quantitative estimate of drug-likeness (QED) is 0.806. The molecule has 5 nitrogen and oxygen atoms in total. The second-order valence-electron chi connectivity index (χ2n) is 3.87. The first-order valence-corrected chi connectivity index (χ1v) is 5.27. The van der Waals surface area contributed by atoms with E-state index in [9.17, 15) is 0 Å². The Labute approximate surface area is 92.6 Å². The van der Waals surface area contributed by atoms with Gasteiger partial charge in [-0.15, -0.1) is 0 Å². The Bertz CT molecular complexity index is 515. The lowest BCUT2D eigenvalue weighted by Crippen LogP contribution is -1.93. The van der Waals surface area contributed by atoms with Crippen molar-refractivity contribution in [2.24, 2.45) is 5.73 Å². The molecule has 3 rings (SSSR count). The molecular weight excluding hydrogens is 206 g/mol. The largest absolute Gasteiger partial charge is 0.456 e. The molecule has 0 aliphatic carbocycles. The van der Waals surface area contributed by atoms with Crippen molar-refractivity contribution in [3.63, 3.8) is 0 Å². The predicted molar refractivity (Wildman–Crippen MR) is 57.4 cm³/mol. The van der Waals surface area contributed by atoms with Crippen molar-refractivity contribution >= 4 is 0 Å². The van der Waals surface area contributed by atoms with Crippen LogP contribution in [-0.4, -0.2) is 9.97 Å². The van der Waals surface area contributed by atoms with Gasteiger partial charge in [-0.2, -0.15) is 0 Å². The zero-order valence-electron chi connectivity index (χ0n) is 8.99. The second-order valence-corrected chi connectivity index (χ2v) is 3.87. The molecule has 1 unspecified atom stereocenters. The summed E-state index contributed by atoms with van der Waals surface area (Å²) in [6.07, 6.45) is 0.0592. The zero-order chi connectivity index (χ0) is 11.1. The van der Waals surface area contributed by atoms with Gasteiger partial charge < -0.3 is 19.9 Å². The lowest BCUT2D eigenvalue weighted by Gasteiger charge is -1.99. The molecule has 0 saturated heterocycles. The number of hydrogen-bond donors (Lipinski definition) is 2. The van der Waals surface area contributed by atoms with Crippen molar-refractivity contribution in [3.8, 4) is 11.6 Å². The number of nitrogens with zero attached hydrogens (tertiary/aromatic N) is 1. The maximum absolute atomic E-state index is 5.53. The van der Waals surface area contributed by atoms with Crippen LogP contribution in [0.4, 0.5) is 0 Å². The van der Waals surface area contributed by atoms with Gasteiger partial charge in [-0.3, -0.25) is 0 Å². The highest BCUT2D eigenvalue weighted by atomic mass is 16.5. The summed E-state index contributed by atoms with van der Waals surface area (Å²) in [6.45, 7) is 2.98. The molecule has 1 atom stereocenters. The molecule has 0 radical (unpaired) electrons. The average Bonchev–Trinajstić information content (AvgIpc) is 2.95. The number of H-pyrrole nitrogens is 1. The van der Waals surface area contributed by atoms with Crippen molar-refractivity contribution in [1.29, 1.82) is 0 Å². The molecule has 0 aromatic carbocycles. The number of imidazole rings is 1. The van der Waals surface area contributed by atoms with E-state index in [1.807, 2.05) is 19.1 Å². The highest BCUT2D eigenvalue weighted by molar-refractivity contribution is 5.49. The standard InChI is InChI=1S/C11H13N3O2/c1-6-10-8(5-15-6)13-11(14-10)9-3-2-7(4-12)16-9/h2-3,6H,4-5,12H2,1H3,(H,13,14). The number of hydrogen-bond acceptors (Lipinski definition) is 4. The van der Waals surface area contributed by atoms with Crippen LogP contribution in [0, 0.1) is 0 Å². The molecule has 3 heterocycles. The number of nitrogens with two attached hydrogens (primary N) is 1. The van der Waals surface area contributed by atoms with Crippen LogP contribution in [0.15, 0.2) is 16.5 Å². The smallest absolute Gasteiger partial charge is 0.174 e. The molecule has 5 heteroatoms. The summed E-state index contributed by atoms with van der Waals surface area (Å²) in [7, 11) is 0. The minimum Gasteiger partial charge on any atom is -0.456 e. The van der Waals surface area contributed by atoms with Crippen LogP contribution in [0.1, 0.15) is 30.2 Å². The Morgan fingerprint density at radius 2 is 2.44 bits per heavy atom. The fourth-order valence-corrected chi connectivity index (χ4v) is 1.89. The third-order valence-corrected chi connectivity index (χ3v) is 2.77. The molecule has 16 heavy (non-hydrogen) atoms. The molecule has 2 aromatic heterocycles. The van der Waals surface area contributed by atoms with Gasteiger partial charge in [0.25, 0.3) is 0 Å². The Kier molecular flexibility index (Phi) is 2.08. The topological polar surface area (TPSA) is 77.1 Å². The number of aromatic nitrogens is 2. The number of nitrogens with one attached hydrogen (secondary N) is 1. The van der Waals surface area contributed by atoms with Gasteiger partial charge in [0.1, 0.15) is 5.76 Å². The van der Waals surface area contributed by atoms with Crippen molar-refractivity contribution in [2.45, 2.75) is 26.2 Å². The van der Waals surface area contributed by atoms with Crippen LogP contribution >= 0.6 is 0 Å². The maximum atomic E-state index is 5.53. The molecule has 84 valence electrons. The van der Waals surface area contributed by atoms with E-state index in [0.29, 0.717) is 13.2 Å². The van der Waals surface area contributed by atoms with E-state index in [-0.39, 0.29) is 6.10 Å². The van der Waals surface area contributed by atoms with E-state index in [2.05, 4.69) is 9.97 Å². The average molecular weight is 219 g/mol. The molecule has 0 fully saturated rings. The van der Waals surface area contributed by atoms with Crippen molar-refractivity contribution in [3.05, 3.63) is 29.3 Å². The number of ether oxygens (including phenoxy) is 1. The fourth-order valence-electron chi connectivity index (χ4n) is 1.89. The summed E-state index contributed by atoms with van der Waals surface area (Å²) in [5, 5.41) is 0. The maximum Gasteiger partial charge on any atom is 0.174 e. The zero-order valence-corrected chi connectivity index (χ0v) is 8.99. The lowest BCUT2D eigenvalue weighted by molar-refractivity contribution is 0.0761. The van der Waals surface area contributed by atoms with Gasteiger partial charge in [-0.25, -0.2) is 4.98 Å². The van der Waals surface area contributed by atoms with Crippen LogP contribution in [0.2, 0.25) is 0 Å². The van der Waals surface area contributed by atoms with Gasteiger partial charge in [0.2, 0.25) is 0 Å². The van der Waals surface area contributed by atoms with E-state index in [0.717, 1.165) is 28.7 Å². The summed E-state index contributed by atoms with van der Waals surface area (Å²) in [5.41, 5.74) is 7.50. The molecule has 3 N–H and O–H groups in total. The molecule has 1 aliphatic heterocycles. The first kappa shape index (κ1) is 9.62. The number of aromatic amines is 1. The number of fused-ring (bicyclic) bond motifs is 1. The molecule has 2 aromatic rings. The van der Waals surface area contributed by atoms with Gasteiger partial charge in [0.15, 0.2) is 11.6 Å². The van der Waals surface area contributed by atoms with E-state index in [1.165, 1.54) is 0 Å². The lowest BCUT2D eigenvalue weighted by atomic mass is 10.3. The van der Waals surface area contributed by atoms with Crippen LogP contribution < -0.4 is 5.73 Å². The van der Waals surface area contributed by atoms with E-state index >= 15 is 0 Å². The molecule has 0 amide bonds. The monoisotopic (exact) mass is 219 g/mol. The van der Waals surface area contributed by atoms with Gasteiger partial charge >= 0.3 is 0 Å². The number of rotatable bonds is 2. The second kappa shape index (κ2) is 3.47. The molecular formula is C11H13N3O2. The third-order valence-electron chi connectivity index (χ3n) is 2.77. The van der Waals surface area contributed by atoms with Crippen LogP contribution in [0.3, 0.4) is 0 Å². The summed E-state index contributed by atoms with van der Waals surface area (Å²) < 4.78 is 11.0. The summed E-state index contributed by atoms with van der Waals surface area (Å²) >= 11 is 0. The predicted octanol–water partition coefficient (Wildman–Crippen LogP) is 1.72. The van der Waals surface area contributed by atoms with Crippen molar-refractivity contribution < 1.29 is 9.15 Å². The number of furan rings is 1. The van der Waals surface area contributed by atoms with E-state index < -0.39 is 0 Å². The van der Waals surface area contributed by atoms with Gasteiger partial charge in [0.05, 0.1) is 30.6 Å². The fraction of sp³-hybridized carbons (Fsp3) is 0.364. The summed E-state index contributed by atoms with van der Waals surface area (Å²) in [6, 6.07) is 3.74. The Balaban J connectivity index is 1.98. The highest BCUT2D eigenvalue weighted by Crippen LogP contribution is 2.31. The summed E-state index contributed by atoms with van der Waals surface area (Å²) in [4.78, 5) is 7.68. The Morgan fingerprint density at radius 1 is 1.56 bits per heavy atom. The van der Waals surface area contributed by atoms with Crippen LogP contribution in [-0.2, 0) is 17.9 Å². The molecule has 1 aliphatic rings. The third kappa shape index (κ3) is 1.36. The summed E-state index contributed by atoms with van der Waals surface area (Å²) in [5.74, 6) is 2.23. The van der Waals surface area contributed by atoms with E-state index in [4.69, 9.17) is 14.9 Å². The highest BCUT2D eigenvalue weighted by Gasteiger charge is 2.24. The SMILES string of the molecule is CC1OCc2[nH]c(-c3ccc(CN)o3)nc21. The van der Waals surface area contributed by atoms with Gasteiger partial charge in [-0.1, -0.05) is 0 Å². The molecule has 0 spiro atoms.